The first-order valence-corrected chi connectivity index (χ1v) is 5.56. The number of hydrogen-bond donors (Lipinski definition) is 3. The molecular formula is C10H19N3O3. The molecule has 0 saturated carbocycles. The molecule has 6 heteroatoms. The minimum atomic E-state index is -0.995. The Morgan fingerprint density at radius 2 is 2.31 bits per heavy atom. The largest absolute Gasteiger partial charge is 0.480 e. The van der Waals surface area contributed by atoms with Crippen LogP contribution >= 0.6 is 0 Å². The third-order valence-corrected chi connectivity index (χ3v) is 2.91. The predicted molar refractivity (Wildman–Crippen MR) is 59.0 cm³/mol. The first kappa shape index (κ1) is 12.8. The van der Waals surface area contributed by atoms with Gasteiger partial charge in [0, 0.05) is 13.1 Å². The van der Waals surface area contributed by atoms with Crippen molar-refractivity contribution in [3.63, 3.8) is 0 Å². The van der Waals surface area contributed by atoms with Crippen molar-refractivity contribution in [2.75, 3.05) is 19.6 Å². The van der Waals surface area contributed by atoms with Crippen LogP contribution in [-0.4, -0.2) is 47.7 Å². The van der Waals surface area contributed by atoms with Crippen LogP contribution in [0.25, 0.3) is 0 Å². The third-order valence-electron chi connectivity index (χ3n) is 2.91. The molecular weight excluding hydrogens is 210 g/mol. The number of carboxylic acid groups (broad SMARTS) is 1. The summed E-state index contributed by atoms with van der Waals surface area (Å²) in [6.45, 7) is 3.58. The van der Waals surface area contributed by atoms with Crippen molar-refractivity contribution in [3.05, 3.63) is 0 Å². The number of urea groups is 1. The SMILES string of the molecule is CCC(NC(=O)N1CCC(CN)C1)C(=O)O. The second kappa shape index (κ2) is 5.69. The molecule has 0 aromatic carbocycles. The number of nitrogens with two attached hydrogens (primary N) is 1. The molecule has 2 unspecified atom stereocenters. The van der Waals surface area contributed by atoms with Crippen LogP contribution < -0.4 is 11.1 Å². The van der Waals surface area contributed by atoms with E-state index in [1.165, 1.54) is 0 Å². The lowest BCUT2D eigenvalue weighted by Gasteiger charge is -2.20. The maximum absolute atomic E-state index is 11.7. The number of rotatable bonds is 4. The highest BCUT2D eigenvalue weighted by Crippen LogP contribution is 2.14. The standard InChI is InChI=1S/C10H19N3O3/c1-2-8(9(14)15)12-10(16)13-4-3-7(5-11)6-13/h7-8H,2-6,11H2,1H3,(H,12,16)(H,14,15). The van der Waals surface area contributed by atoms with Crippen molar-refractivity contribution < 1.29 is 14.7 Å². The van der Waals surface area contributed by atoms with E-state index in [0.29, 0.717) is 32.0 Å². The fourth-order valence-electron chi connectivity index (χ4n) is 1.79. The zero-order valence-electron chi connectivity index (χ0n) is 9.48. The average Bonchev–Trinajstić information content (AvgIpc) is 2.73. The highest BCUT2D eigenvalue weighted by Gasteiger charge is 2.27. The van der Waals surface area contributed by atoms with Crippen LogP contribution in [0.3, 0.4) is 0 Å². The third kappa shape index (κ3) is 3.10. The van der Waals surface area contributed by atoms with E-state index in [1.54, 1.807) is 11.8 Å². The van der Waals surface area contributed by atoms with Gasteiger partial charge in [-0.2, -0.15) is 0 Å². The first-order chi connectivity index (χ1) is 7.58. The van der Waals surface area contributed by atoms with E-state index in [0.717, 1.165) is 6.42 Å². The van der Waals surface area contributed by atoms with Gasteiger partial charge in [0.05, 0.1) is 0 Å². The fourth-order valence-corrected chi connectivity index (χ4v) is 1.79. The number of nitrogens with one attached hydrogen (secondary N) is 1. The lowest BCUT2D eigenvalue weighted by Crippen LogP contribution is -2.47. The number of aliphatic carboxylic acids is 1. The van der Waals surface area contributed by atoms with Crippen LogP contribution in [0.4, 0.5) is 4.79 Å². The Bertz CT molecular complexity index is 270. The van der Waals surface area contributed by atoms with Gasteiger partial charge in [-0.15, -0.1) is 0 Å². The second-order valence-corrected chi connectivity index (χ2v) is 4.08. The van der Waals surface area contributed by atoms with Gasteiger partial charge in [0.1, 0.15) is 6.04 Å². The molecule has 0 aliphatic carbocycles. The van der Waals surface area contributed by atoms with Gasteiger partial charge >= 0.3 is 12.0 Å². The normalized spacial score (nSPS) is 21.9. The quantitative estimate of drug-likeness (QED) is 0.624. The molecule has 0 radical (unpaired) electrons. The van der Waals surface area contributed by atoms with Gasteiger partial charge < -0.3 is 21.1 Å². The van der Waals surface area contributed by atoms with E-state index in [1.807, 2.05) is 0 Å². The van der Waals surface area contributed by atoms with E-state index < -0.39 is 12.0 Å². The number of carboxylic acids is 1. The Morgan fingerprint density at radius 1 is 1.62 bits per heavy atom. The van der Waals surface area contributed by atoms with E-state index in [9.17, 15) is 9.59 Å². The monoisotopic (exact) mass is 229 g/mol. The van der Waals surface area contributed by atoms with Crippen molar-refractivity contribution in [1.82, 2.24) is 10.2 Å². The lowest BCUT2D eigenvalue weighted by atomic mass is 10.1. The molecule has 1 fully saturated rings. The minimum Gasteiger partial charge on any atom is -0.480 e. The second-order valence-electron chi connectivity index (χ2n) is 4.08. The summed E-state index contributed by atoms with van der Waals surface area (Å²) in [5.41, 5.74) is 5.52. The summed E-state index contributed by atoms with van der Waals surface area (Å²) in [5.74, 6) is -0.652. The molecule has 0 aromatic heterocycles. The van der Waals surface area contributed by atoms with Crippen molar-refractivity contribution >= 4 is 12.0 Å². The van der Waals surface area contributed by atoms with E-state index >= 15 is 0 Å². The van der Waals surface area contributed by atoms with Crippen LogP contribution in [0, 0.1) is 5.92 Å². The predicted octanol–water partition coefficient (Wildman–Crippen LogP) is -0.160. The van der Waals surface area contributed by atoms with Gasteiger partial charge in [-0.25, -0.2) is 9.59 Å². The Hall–Kier alpha value is -1.30. The molecule has 1 aliphatic heterocycles. The minimum absolute atomic E-state index is 0.301. The molecule has 1 heterocycles. The van der Waals surface area contributed by atoms with Gasteiger partial charge in [0.25, 0.3) is 0 Å². The molecule has 2 amide bonds. The molecule has 92 valence electrons. The van der Waals surface area contributed by atoms with Gasteiger partial charge in [0.15, 0.2) is 0 Å². The van der Waals surface area contributed by atoms with Gasteiger partial charge in [-0.3, -0.25) is 0 Å². The zero-order valence-corrected chi connectivity index (χ0v) is 9.48. The molecule has 6 nitrogen and oxygen atoms in total. The summed E-state index contributed by atoms with van der Waals surface area (Å²) < 4.78 is 0. The van der Waals surface area contributed by atoms with Crippen LogP contribution in [0.15, 0.2) is 0 Å². The van der Waals surface area contributed by atoms with E-state index in [2.05, 4.69) is 5.32 Å². The zero-order chi connectivity index (χ0) is 12.1. The number of carbonyl (C=O) groups excluding carboxylic acids is 1. The van der Waals surface area contributed by atoms with E-state index in [-0.39, 0.29) is 6.03 Å². The molecule has 0 spiro atoms. The summed E-state index contributed by atoms with van der Waals surface area (Å²) in [7, 11) is 0. The Labute approximate surface area is 94.8 Å². The molecule has 1 saturated heterocycles. The highest BCUT2D eigenvalue weighted by molar-refractivity contribution is 5.82. The number of carbonyl (C=O) groups is 2. The summed E-state index contributed by atoms with van der Waals surface area (Å²) in [6.07, 6.45) is 1.28. The van der Waals surface area contributed by atoms with E-state index in [4.69, 9.17) is 10.8 Å². The topological polar surface area (TPSA) is 95.7 Å². The van der Waals surface area contributed by atoms with Crippen LogP contribution in [0.1, 0.15) is 19.8 Å². The number of nitrogens with zero attached hydrogens (tertiary/aromatic N) is 1. The number of hydrogen-bond acceptors (Lipinski definition) is 3. The molecule has 4 N–H and O–H groups in total. The Balaban J connectivity index is 2.43. The summed E-state index contributed by atoms with van der Waals surface area (Å²) in [6, 6.07) is -1.10. The maximum atomic E-state index is 11.7. The van der Waals surface area contributed by atoms with Crippen molar-refractivity contribution in [2.45, 2.75) is 25.8 Å². The van der Waals surface area contributed by atoms with Crippen molar-refractivity contribution in [2.24, 2.45) is 11.7 Å². The fraction of sp³-hybridized carbons (Fsp3) is 0.800. The van der Waals surface area contributed by atoms with Crippen LogP contribution in [0.5, 0.6) is 0 Å². The summed E-state index contributed by atoms with van der Waals surface area (Å²) in [5, 5.41) is 11.3. The number of amides is 2. The maximum Gasteiger partial charge on any atom is 0.326 e. The van der Waals surface area contributed by atoms with Gasteiger partial charge in [-0.05, 0) is 25.3 Å². The molecule has 2 atom stereocenters. The average molecular weight is 229 g/mol. The Kier molecular flexibility index (Phi) is 4.54. The molecule has 16 heavy (non-hydrogen) atoms. The highest BCUT2D eigenvalue weighted by atomic mass is 16.4. The van der Waals surface area contributed by atoms with Gasteiger partial charge in [0.2, 0.25) is 0 Å². The molecule has 1 aliphatic rings. The van der Waals surface area contributed by atoms with Crippen molar-refractivity contribution in [1.29, 1.82) is 0 Å². The first-order valence-electron chi connectivity index (χ1n) is 5.56. The van der Waals surface area contributed by atoms with Gasteiger partial charge in [-0.1, -0.05) is 6.92 Å². The Morgan fingerprint density at radius 3 is 2.75 bits per heavy atom. The van der Waals surface area contributed by atoms with Crippen molar-refractivity contribution in [3.8, 4) is 0 Å². The molecule has 0 aromatic rings. The van der Waals surface area contributed by atoms with Crippen LogP contribution in [0.2, 0.25) is 0 Å². The number of likely N-dealkylation sites (tertiary alicyclic amines) is 1. The molecule has 1 rings (SSSR count). The smallest absolute Gasteiger partial charge is 0.326 e. The molecule has 0 bridgehead atoms. The summed E-state index contributed by atoms with van der Waals surface area (Å²) in [4.78, 5) is 24.1. The van der Waals surface area contributed by atoms with Crippen LogP contribution in [-0.2, 0) is 4.79 Å². The lowest BCUT2D eigenvalue weighted by molar-refractivity contribution is -0.139. The summed E-state index contributed by atoms with van der Waals surface area (Å²) >= 11 is 0.